The second kappa shape index (κ2) is 8.64. The highest BCUT2D eigenvalue weighted by Gasteiger charge is 2.22. The summed E-state index contributed by atoms with van der Waals surface area (Å²) in [5.74, 6) is 0.148. The molecule has 0 aliphatic carbocycles. The van der Waals surface area contributed by atoms with Crippen LogP contribution in [0.4, 0.5) is 0 Å². The Labute approximate surface area is 131 Å². The smallest absolute Gasteiger partial charge is 0.253 e. The van der Waals surface area contributed by atoms with Crippen LogP contribution in [0.25, 0.3) is 0 Å². The van der Waals surface area contributed by atoms with Crippen molar-refractivity contribution in [2.24, 2.45) is 0 Å². The minimum absolute atomic E-state index is 0. The third-order valence-corrected chi connectivity index (χ3v) is 3.48. The molecule has 116 valence electrons. The predicted molar refractivity (Wildman–Crippen MR) is 84.7 cm³/mol. The second-order valence-electron chi connectivity index (χ2n) is 4.92. The SMILES string of the molecule is CNCC(=O)N1CCCN(C(=O)c2ccccc2)CC1.Cl. The van der Waals surface area contributed by atoms with Crippen LogP contribution in [0.3, 0.4) is 0 Å². The molecule has 1 fully saturated rings. The highest BCUT2D eigenvalue weighted by atomic mass is 35.5. The standard InChI is InChI=1S/C15H21N3O2.ClH/c1-16-12-14(19)17-8-5-9-18(11-10-17)15(20)13-6-3-2-4-7-13;/h2-4,6-7,16H,5,8-12H2,1H3;1H. The van der Waals surface area contributed by atoms with Crippen molar-refractivity contribution in [2.75, 3.05) is 39.8 Å². The fraction of sp³-hybridized carbons (Fsp3) is 0.467. The summed E-state index contributed by atoms with van der Waals surface area (Å²) in [7, 11) is 1.76. The Morgan fingerprint density at radius 2 is 1.67 bits per heavy atom. The number of halogens is 1. The molecule has 0 spiro atoms. The van der Waals surface area contributed by atoms with Crippen LogP contribution < -0.4 is 5.32 Å². The van der Waals surface area contributed by atoms with E-state index in [1.165, 1.54) is 0 Å². The quantitative estimate of drug-likeness (QED) is 0.906. The molecule has 2 rings (SSSR count). The van der Waals surface area contributed by atoms with Crippen molar-refractivity contribution in [3.8, 4) is 0 Å². The van der Waals surface area contributed by atoms with E-state index in [4.69, 9.17) is 0 Å². The predicted octanol–water partition coefficient (Wildman–Crippen LogP) is 1.00. The van der Waals surface area contributed by atoms with Gasteiger partial charge >= 0.3 is 0 Å². The third-order valence-electron chi connectivity index (χ3n) is 3.48. The van der Waals surface area contributed by atoms with Gasteiger partial charge in [0.2, 0.25) is 5.91 Å². The summed E-state index contributed by atoms with van der Waals surface area (Å²) >= 11 is 0. The van der Waals surface area contributed by atoms with Crippen molar-refractivity contribution in [3.05, 3.63) is 35.9 Å². The largest absolute Gasteiger partial charge is 0.340 e. The number of nitrogens with zero attached hydrogens (tertiary/aromatic N) is 2. The maximum atomic E-state index is 12.4. The highest BCUT2D eigenvalue weighted by molar-refractivity contribution is 5.94. The monoisotopic (exact) mass is 311 g/mol. The van der Waals surface area contributed by atoms with E-state index in [1.54, 1.807) is 7.05 Å². The van der Waals surface area contributed by atoms with Gasteiger partial charge in [0.1, 0.15) is 0 Å². The van der Waals surface area contributed by atoms with Gasteiger partial charge in [0, 0.05) is 31.7 Å². The van der Waals surface area contributed by atoms with Gasteiger partial charge in [-0.25, -0.2) is 0 Å². The van der Waals surface area contributed by atoms with Crippen LogP contribution in [0.15, 0.2) is 30.3 Å². The zero-order valence-corrected chi connectivity index (χ0v) is 13.1. The molecule has 1 aliphatic heterocycles. The maximum Gasteiger partial charge on any atom is 0.253 e. The Morgan fingerprint density at radius 1 is 1.05 bits per heavy atom. The topological polar surface area (TPSA) is 52.7 Å². The first kappa shape index (κ1) is 17.5. The van der Waals surface area contributed by atoms with Crippen molar-refractivity contribution in [1.29, 1.82) is 0 Å². The van der Waals surface area contributed by atoms with Crippen LogP contribution >= 0.6 is 12.4 Å². The van der Waals surface area contributed by atoms with Crippen molar-refractivity contribution in [2.45, 2.75) is 6.42 Å². The fourth-order valence-electron chi connectivity index (χ4n) is 2.40. The summed E-state index contributed by atoms with van der Waals surface area (Å²) in [5.41, 5.74) is 0.711. The Hall–Kier alpha value is -1.59. The number of rotatable bonds is 3. The molecule has 0 atom stereocenters. The molecule has 6 heteroatoms. The first-order chi connectivity index (χ1) is 9.72. The van der Waals surface area contributed by atoms with Crippen molar-refractivity contribution in [3.63, 3.8) is 0 Å². The summed E-state index contributed by atoms with van der Waals surface area (Å²) in [6.07, 6.45) is 0.827. The van der Waals surface area contributed by atoms with Gasteiger partial charge in [0.25, 0.3) is 5.91 Å². The van der Waals surface area contributed by atoms with E-state index in [1.807, 2.05) is 40.1 Å². The van der Waals surface area contributed by atoms with Gasteiger partial charge < -0.3 is 15.1 Å². The second-order valence-corrected chi connectivity index (χ2v) is 4.92. The van der Waals surface area contributed by atoms with Crippen LogP contribution in [0, 0.1) is 0 Å². The molecular formula is C15H22ClN3O2. The van der Waals surface area contributed by atoms with Gasteiger partial charge in [-0.15, -0.1) is 12.4 Å². The van der Waals surface area contributed by atoms with Crippen molar-refractivity contribution >= 4 is 24.2 Å². The molecule has 1 saturated heterocycles. The van der Waals surface area contributed by atoms with Gasteiger partial charge in [-0.3, -0.25) is 9.59 Å². The van der Waals surface area contributed by atoms with Crippen molar-refractivity contribution < 1.29 is 9.59 Å². The lowest BCUT2D eigenvalue weighted by atomic mass is 10.2. The molecule has 1 aliphatic rings. The molecule has 1 aromatic rings. The molecule has 2 amide bonds. The molecule has 1 N–H and O–H groups in total. The molecule has 5 nitrogen and oxygen atoms in total. The number of carbonyl (C=O) groups excluding carboxylic acids is 2. The lowest BCUT2D eigenvalue weighted by molar-refractivity contribution is -0.130. The minimum Gasteiger partial charge on any atom is -0.340 e. The zero-order valence-electron chi connectivity index (χ0n) is 12.2. The molecule has 21 heavy (non-hydrogen) atoms. The van der Waals surface area contributed by atoms with Gasteiger partial charge in [-0.2, -0.15) is 0 Å². The number of likely N-dealkylation sites (N-methyl/N-ethyl adjacent to an activating group) is 1. The molecule has 0 radical (unpaired) electrons. The van der Waals surface area contributed by atoms with E-state index in [-0.39, 0.29) is 24.2 Å². The Kier molecular flexibility index (Phi) is 7.19. The van der Waals surface area contributed by atoms with Crippen LogP contribution in [-0.2, 0) is 4.79 Å². The normalized spacial score (nSPS) is 15.1. The van der Waals surface area contributed by atoms with Gasteiger partial charge in [0.15, 0.2) is 0 Å². The Bertz CT molecular complexity index is 467. The molecule has 0 unspecified atom stereocenters. The zero-order chi connectivity index (χ0) is 14.4. The first-order valence-electron chi connectivity index (χ1n) is 6.99. The van der Waals surface area contributed by atoms with Crippen molar-refractivity contribution in [1.82, 2.24) is 15.1 Å². The molecule has 1 aromatic carbocycles. The van der Waals surface area contributed by atoms with E-state index in [2.05, 4.69) is 5.32 Å². The number of hydrogen-bond acceptors (Lipinski definition) is 3. The summed E-state index contributed by atoms with van der Waals surface area (Å²) in [5, 5.41) is 2.87. The van der Waals surface area contributed by atoms with Gasteiger partial charge in [-0.1, -0.05) is 18.2 Å². The van der Waals surface area contributed by atoms with Crippen LogP contribution in [0.5, 0.6) is 0 Å². The maximum absolute atomic E-state index is 12.4. The van der Waals surface area contributed by atoms with E-state index in [9.17, 15) is 9.59 Å². The summed E-state index contributed by atoms with van der Waals surface area (Å²) in [6, 6.07) is 9.30. The highest BCUT2D eigenvalue weighted by Crippen LogP contribution is 2.09. The van der Waals surface area contributed by atoms with Crippen LogP contribution in [0.1, 0.15) is 16.8 Å². The first-order valence-corrected chi connectivity index (χ1v) is 6.99. The average molecular weight is 312 g/mol. The van der Waals surface area contributed by atoms with Crippen LogP contribution in [-0.4, -0.2) is 61.4 Å². The Balaban J connectivity index is 0.00000220. The van der Waals surface area contributed by atoms with Crippen LogP contribution in [0.2, 0.25) is 0 Å². The van der Waals surface area contributed by atoms with E-state index in [0.29, 0.717) is 31.7 Å². The fourth-order valence-corrected chi connectivity index (χ4v) is 2.40. The summed E-state index contributed by atoms with van der Waals surface area (Å²) < 4.78 is 0. The molecule has 1 heterocycles. The summed E-state index contributed by atoms with van der Waals surface area (Å²) in [4.78, 5) is 27.9. The number of hydrogen-bond donors (Lipinski definition) is 1. The molecule has 0 bridgehead atoms. The van der Waals surface area contributed by atoms with E-state index < -0.39 is 0 Å². The number of benzene rings is 1. The number of carbonyl (C=O) groups is 2. The third kappa shape index (κ3) is 4.72. The molecule has 0 aromatic heterocycles. The van der Waals surface area contributed by atoms with E-state index >= 15 is 0 Å². The Morgan fingerprint density at radius 3 is 2.33 bits per heavy atom. The average Bonchev–Trinajstić information content (AvgIpc) is 2.73. The van der Waals surface area contributed by atoms with E-state index in [0.717, 1.165) is 13.0 Å². The lowest BCUT2D eigenvalue weighted by Gasteiger charge is -2.22. The number of nitrogens with one attached hydrogen (secondary N) is 1. The number of amides is 2. The summed E-state index contributed by atoms with van der Waals surface area (Å²) in [6.45, 7) is 2.99. The van der Waals surface area contributed by atoms with Gasteiger partial charge in [-0.05, 0) is 25.6 Å². The lowest BCUT2D eigenvalue weighted by Crippen LogP contribution is -2.40. The molecular weight excluding hydrogens is 290 g/mol. The molecule has 0 saturated carbocycles. The minimum atomic E-state index is 0. The van der Waals surface area contributed by atoms with Gasteiger partial charge in [0.05, 0.1) is 6.54 Å².